The predicted molar refractivity (Wildman–Crippen MR) is 111 cm³/mol. The summed E-state index contributed by atoms with van der Waals surface area (Å²) in [4.78, 5) is 16.8. The second-order valence-electron chi connectivity index (χ2n) is 7.58. The van der Waals surface area contributed by atoms with E-state index in [0.29, 0.717) is 37.7 Å². The van der Waals surface area contributed by atoms with Gasteiger partial charge in [0.15, 0.2) is 0 Å². The van der Waals surface area contributed by atoms with Gasteiger partial charge in [-0.2, -0.15) is 4.31 Å². The molecular weight excluding hydrogens is 400 g/mol. The van der Waals surface area contributed by atoms with E-state index in [9.17, 15) is 13.2 Å². The van der Waals surface area contributed by atoms with Crippen molar-refractivity contribution >= 4 is 27.5 Å². The smallest absolute Gasteiger partial charge is 0.236 e. The zero-order chi connectivity index (χ0) is 20.1. The number of hydrogen-bond donors (Lipinski definition) is 1. The van der Waals surface area contributed by atoms with Crippen molar-refractivity contribution in [3.05, 3.63) is 34.9 Å². The van der Waals surface area contributed by atoms with E-state index in [2.05, 4.69) is 15.1 Å². The van der Waals surface area contributed by atoms with Gasteiger partial charge in [0.1, 0.15) is 5.75 Å². The average molecular weight is 429 g/mol. The number of likely N-dealkylation sites (N-methyl/N-ethyl adjacent to an activating group) is 1. The topological polar surface area (TPSA) is 73.0 Å². The number of amides is 1. The third-order valence-electron chi connectivity index (χ3n) is 5.48. The van der Waals surface area contributed by atoms with Crippen LogP contribution in [0.4, 0.5) is 0 Å². The van der Waals surface area contributed by atoms with Crippen molar-refractivity contribution in [2.45, 2.75) is 18.9 Å². The van der Waals surface area contributed by atoms with Crippen LogP contribution < -0.4 is 5.32 Å². The number of rotatable bonds is 7. The molecule has 0 spiro atoms. The Morgan fingerprint density at radius 2 is 1.82 bits per heavy atom. The number of likely N-dealkylation sites (tertiary alicyclic amines) is 1. The molecule has 1 N–H and O–H groups in total. The van der Waals surface area contributed by atoms with Gasteiger partial charge >= 0.3 is 0 Å². The zero-order valence-corrected chi connectivity index (χ0v) is 17.9. The number of nitrogens with one attached hydrogen (secondary N) is 1. The molecule has 1 amide bonds. The lowest BCUT2D eigenvalue weighted by Gasteiger charge is -2.31. The maximum absolute atomic E-state index is 12.5. The van der Waals surface area contributed by atoms with Crippen molar-refractivity contribution < 1.29 is 13.2 Å². The number of sulfonamides is 1. The molecule has 28 heavy (non-hydrogen) atoms. The number of benzene rings is 1. The van der Waals surface area contributed by atoms with Crippen LogP contribution in [0.25, 0.3) is 0 Å². The van der Waals surface area contributed by atoms with E-state index in [1.165, 1.54) is 4.31 Å². The van der Waals surface area contributed by atoms with Gasteiger partial charge in [-0.05, 0) is 50.7 Å². The third-order valence-corrected chi connectivity index (χ3v) is 7.49. The Morgan fingerprint density at radius 1 is 1.14 bits per heavy atom. The van der Waals surface area contributed by atoms with Crippen LogP contribution >= 0.6 is 11.6 Å². The maximum Gasteiger partial charge on any atom is 0.236 e. The summed E-state index contributed by atoms with van der Waals surface area (Å²) < 4.78 is 26.5. The van der Waals surface area contributed by atoms with Gasteiger partial charge in [0.05, 0.1) is 6.04 Å². The maximum atomic E-state index is 12.5. The fraction of sp³-hybridized carbons (Fsp3) is 0.632. The van der Waals surface area contributed by atoms with Crippen LogP contribution in [0.2, 0.25) is 5.02 Å². The predicted octanol–water partition coefficient (Wildman–Crippen LogP) is 1.17. The van der Waals surface area contributed by atoms with Gasteiger partial charge in [-0.3, -0.25) is 9.69 Å². The van der Waals surface area contributed by atoms with E-state index in [0.717, 1.165) is 31.5 Å². The van der Waals surface area contributed by atoms with Crippen molar-refractivity contribution in [3.8, 4) is 0 Å². The Morgan fingerprint density at radius 3 is 2.46 bits per heavy atom. The van der Waals surface area contributed by atoms with Crippen LogP contribution in [0.3, 0.4) is 0 Å². The molecule has 0 saturated carbocycles. The van der Waals surface area contributed by atoms with Gasteiger partial charge in [-0.25, -0.2) is 8.42 Å². The van der Waals surface area contributed by atoms with Gasteiger partial charge in [0, 0.05) is 37.7 Å². The van der Waals surface area contributed by atoms with Gasteiger partial charge in [0.2, 0.25) is 15.9 Å². The van der Waals surface area contributed by atoms with E-state index >= 15 is 0 Å². The molecule has 0 aromatic heterocycles. The summed E-state index contributed by atoms with van der Waals surface area (Å²) >= 11 is 6.15. The molecule has 2 saturated heterocycles. The zero-order valence-electron chi connectivity index (χ0n) is 16.3. The highest BCUT2D eigenvalue weighted by atomic mass is 35.5. The van der Waals surface area contributed by atoms with E-state index in [-0.39, 0.29) is 6.04 Å². The largest absolute Gasteiger partial charge is 0.353 e. The summed E-state index contributed by atoms with van der Waals surface area (Å²) in [6, 6.07) is 7.64. The SMILES string of the molecule is CN1CCN(S(=O)(=O)CC(=O)NCC(c2cccc(Cl)c2)N2CCCC2)CC1. The number of halogens is 1. The molecule has 0 bridgehead atoms. The van der Waals surface area contributed by atoms with Gasteiger partial charge in [-0.15, -0.1) is 0 Å². The number of carbonyl (C=O) groups is 1. The molecule has 1 unspecified atom stereocenters. The Bertz CT molecular complexity index is 775. The van der Waals surface area contributed by atoms with Crippen LogP contribution in [0.5, 0.6) is 0 Å². The van der Waals surface area contributed by atoms with Crippen LogP contribution in [0.15, 0.2) is 24.3 Å². The van der Waals surface area contributed by atoms with Crippen LogP contribution in [0, 0.1) is 0 Å². The Balaban J connectivity index is 1.60. The summed E-state index contributed by atoms with van der Waals surface area (Å²) in [6.07, 6.45) is 2.26. The van der Waals surface area contributed by atoms with E-state index in [1.807, 2.05) is 31.3 Å². The number of nitrogens with zero attached hydrogens (tertiary/aromatic N) is 3. The quantitative estimate of drug-likeness (QED) is 0.705. The van der Waals surface area contributed by atoms with Crippen LogP contribution in [0.1, 0.15) is 24.4 Å². The molecule has 3 rings (SSSR count). The molecule has 1 aromatic rings. The summed E-state index contributed by atoms with van der Waals surface area (Å²) in [6.45, 7) is 4.55. The van der Waals surface area contributed by atoms with E-state index < -0.39 is 21.7 Å². The minimum Gasteiger partial charge on any atom is -0.353 e. The molecule has 7 nitrogen and oxygen atoms in total. The summed E-state index contributed by atoms with van der Waals surface area (Å²) in [5.74, 6) is -0.955. The molecule has 9 heteroatoms. The minimum atomic E-state index is -3.58. The third kappa shape index (κ3) is 5.67. The van der Waals surface area contributed by atoms with Crippen molar-refractivity contribution in [2.75, 3.05) is 58.6 Å². The second-order valence-corrected chi connectivity index (χ2v) is 9.98. The number of hydrogen-bond acceptors (Lipinski definition) is 5. The van der Waals surface area contributed by atoms with E-state index in [4.69, 9.17) is 11.6 Å². The molecule has 0 radical (unpaired) electrons. The van der Waals surface area contributed by atoms with Crippen molar-refractivity contribution in [1.82, 2.24) is 19.4 Å². The van der Waals surface area contributed by atoms with Gasteiger partial charge in [-0.1, -0.05) is 23.7 Å². The molecule has 1 aromatic carbocycles. The average Bonchev–Trinajstić information content (AvgIpc) is 3.16. The lowest BCUT2D eigenvalue weighted by Crippen LogP contribution is -2.49. The highest BCUT2D eigenvalue weighted by molar-refractivity contribution is 7.89. The van der Waals surface area contributed by atoms with Crippen LogP contribution in [-0.2, 0) is 14.8 Å². The van der Waals surface area contributed by atoms with Crippen molar-refractivity contribution in [1.29, 1.82) is 0 Å². The summed E-state index contributed by atoms with van der Waals surface area (Å²) in [5.41, 5.74) is 1.04. The monoisotopic (exact) mass is 428 g/mol. The highest BCUT2D eigenvalue weighted by Crippen LogP contribution is 2.26. The van der Waals surface area contributed by atoms with E-state index in [1.54, 1.807) is 0 Å². The first-order chi connectivity index (χ1) is 13.3. The number of carbonyl (C=O) groups excluding carboxylic acids is 1. The molecule has 0 aliphatic carbocycles. The summed E-state index contributed by atoms with van der Waals surface area (Å²) in [7, 11) is -1.62. The Labute approximate surface area is 172 Å². The normalized spacial score (nSPS) is 20.9. The van der Waals surface area contributed by atoms with Gasteiger partial charge < -0.3 is 10.2 Å². The molecule has 2 heterocycles. The second kappa shape index (κ2) is 9.54. The fourth-order valence-corrected chi connectivity index (χ4v) is 5.34. The van der Waals surface area contributed by atoms with Crippen molar-refractivity contribution in [3.63, 3.8) is 0 Å². The fourth-order valence-electron chi connectivity index (χ4n) is 3.81. The standard InChI is InChI=1S/C19H29ClN4O3S/c1-22-9-11-24(12-10-22)28(26,27)15-19(25)21-14-18(23-7-2-3-8-23)16-5-4-6-17(20)13-16/h4-6,13,18H,2-3,7-12,14-15H2,1H3,(H,21,25). The van der Waals surface area contributed by atoms with Crippen molar-refractivity contribution in [2.24, 2.45) is 0 Å². The summed E-state index contributed by atoms with van der Waals surface area (Å²) in [5, 5.41) is 3.50. The minimum absolute atomic E-state index is 0.00325. The first-order valence-corrected chi connectivity index (χ1v) is 11.8. The lowest BCUT2D eigenvalue weighted by molar-refractivity contribution is -0.118. The first-order valence-electron chi connectivity index (χ1n) is 9.78. The Hall–Kier alpha value is -1.19. The molecule has 2 aliphatic rings. The molecule has 2 aliphatic heterocycles. The lowest BCUT2D eigenvalue weighted by atomic mass is 10.1. The van der Waals surface area contributed by atoms with Crippen LogP contribution in [-0.4, -0.2) is 87.0 Å². The molecule has 156 valence electrons. The first kappa shape index (κ1) is 21.5. The molecule has 2 fully saturated rings. The number of piperazine rings is 1. The highest BCUT2D eigenvalue weighted by Gasteiger charge is 2.29. The molecular formula is C19H29ClN4O3S. The van der Waals surface area contributed by atoms with Gasteiger partial charge in [0.25, 0.3) is 0 Å². The Kier molecular flexibility index (Phi) is 7.33. The molecule has 1 atom stereocenters.